The molecule has 0 saturated heterocycles. The quantitative estimate of drug-likeness (QED) is 0.749. The fraction of sp³-hybridized carbons (Fsp3) is 0.235. The average Bonchev–Trinajstić information content (AvgIpc) is 2.49. The van der Waals surface area contributed by atoms with Crippen LogP contribution in [0.1, 0.15) is 35.6 Å². The fourth-order valence-corrected chi connectivity index (χ4v) is 2.96. The maximum Gasteiger partial charge on any atom is 0.210 e. The van der Waals surface area contributed by atoms with Crippen molar-refractivity contribution in [3.63, 3.8) is 0 Å². The maximum absolute atomic E-state index is 11.3. The van der Waals surface area contributed by atoms with Gasteiger partial charge in [0.2, 0.25) is 6.41 Å². The molecule has 3 rings (SSSR count). The van der Waals surface area contributed by atoms with E-state index in [1.165, 1.54) is 16.7 Å². The molecular weight excluding hydrogens is 234 g/mol. The minimum absolute atomic E-state index is 0.161. The summed E-state index contributed by atoms with van der Waals surface area (Å²) in [7, 11) is 0. The molecule has 2 aromatic rings. The van der Waals surface area contributed by atoms with E-state index < -0.39 is 0 Å². The van der Waals surface area contributed by atoms with Crippen LogP contribution in [0.3, 0.4) is 0 Å². The van der Waals surface area contributed by atoms with Crippen LogP contribution < -0.4 is 0 Å². The van der Waals surface area contributed by atoms with Gasteiger partial charge in [-0.25, -0.2) is 0 Å². The molecule has 0 unspecified atom stereocenters. The highest BCUT2D eigenvalue weighted by Gasteiger charge is 2.30. The Bertz CT molecular complexity index is 579. The largest absolute Gasteiger partial charge is 0.338 e. The summed E-state index contributed by atoms with van der Waals surface area (Å²) in [5, 5.41) is 0. The predicted octanol–water partition coefficient (Wildman–Crippen LogP) is 3.35. The summed E-state index contributed by atoms with van der Waals surface area (Å²) < 4.78 is 0. The summed E-state index contributed by atoms with van der Waals surface area (Å²) in [4.78, 5) is 13.2. The first-order chi connectivity index (χ1) is 9.31. The normalized spacial score (nSPS) is 21.8. The van der Waals surface area contributed by atoms with E-state index in [9.17, 15) is 4.79 Å². The summed E-state index contributed by atoms with van der Waals surface area (Å²) >= 11 is 0. The van der Waals surface area contributed by atoms with Gasteiger partial charge < -0.3 is 4.90 Å². The molecule has 1 aliphatic heterocycles. The van der Waals surface area contributed by atoms with Gasteiger partial charge in [0.25, 0.3) is 0 Å². The van der Waals surface area contributed by atoms with Crippen LogP contribution in [-0.4, -0.2) is 17.9 Å². The van der Waals surface area contributed by atoms with Crippen molar-refractivity contribution in [1.82, 2.24) is 4.90 Å². The fourth-order valence-electron chi connectivity index (χ4n) is 2.96. The number of rotatable bonds is 2. The Hall–Kier alpha value is -2.09. The van der Waals surface area contributed by atoms with Crippen molar-refractivity contribution < 1.29 is 4.79 Å². The van der Waals surface area contributed by atoms with E-state index in [0.29, 0.717) is 0 Å². The third-order valence-electron chi connectivity index (χ3n) is 4.05. The highest BCUT2D eigenvalue weighted by molar-refractivity contribution is 5.53. The lowest BCUT2D eigenvalue weighted by Crippen LogP contribution is -2.36. The molecule has 0 saturated carbocycles. The lowest BCUT2D eigenvalue weighted by Gasteiger charge is -2.37. The second-order valence-corrected chi connectivity index (χ2v) is 5.07. The summed E-state index contributed by atoms with van der Waals surface area (Å²) in [6, 6.07) is 19.0. The van der Waals surface area contributed by atoms with Gasteiger partial charge in [-0.3, -0.25) is 4.79 Å². The van der Waals surface area contributed by atoms with Gasteiger partial charge in [0, 0.05) is 12.5 Å². The molecule has 19 heavy (non-hydrogen) atoms. The van der Waals surface area contributed by atoms with Crippen LogP contribution in [0.15, 0.2) is 54.6 Å². The second-order valence-electron chi connectivity index (χ2n) is 5.07. The monoisotopic (exact) mass is 251 g/mol. The van der Waals surface area contributed by atoms with Gasteiger partial charge in [-0.1, -0.05) is 54.6 Å². The molecule has 0 bridgehead atoms. The molecule has 2 atom stereocenters. The Morgan fingerprint density at radius 2 is 1.63 bits per heavy atom. The molecule has 2 nitrogen and oxygen atoms in total. The molecule has 1 amide bonds. The molecule has 0 fully saturated rings. The smallest absolute Gasteiger partial charge is 0.210 e. The number of fused-ring (bicyclic) bond motifs is 1. The molecule has 1 aliphatic rings. The second kappa shape index (κ2) is 4.88. The number of hydrogen-bond acceptors (Lipinski definition) is 1. The van der Waals surface area contributed by atoms with Gasteiger partial charge in [0.1, 0.15) is 0 Å². The summed E-state index contributed by atoms with van der Waals surface area (Å²) in [5.41, 5.74) is 3.88. The van der Waals surface area contributed by atoms with Gasteiger partial charge in [-0.2, -0.15) is 0 Å². The molecular formula is C17H17NO. The Balaban J connectivity index is 2.11. The lowest BCUT2D eigenvalue weighted by molar-refractivity contribution is -0.120. The van der Waals surface area contributed by atoms with Crippen molar-refractivity contribution in [3.8, 4) is 0 Å². The minimum atomic E-state index is 0.161. The van der Waals surface area contributed by atoms with Crippen molar-refractivity contribution in [2.45, 2.75) is 18.9 Å². The van der Waals surface area contributed by atoms with Gasteiger partial charge in [-0.15, -0.1) is 0 Å². The van der Waals surface area contributed by atoms with Crippen LogP contribution >= 0.6 is 0 Å². The SMILES string of the molecule is C[C@@H]1c2ccccc2[C@H](c2ccccc2)CN1C=O. The lowest BCUT2D eigenvalue weighted by atomic mass is 9.82. The van der Waals surface area contributed by atoms with E-state index in [1.54, 1.807) is 0 Å². The van der Waals surface area contributed by atoms with Gasteiger partial charge in [0.05, 0.1) is 6.04 Å². The summed E-state index contributed by atoms with van der Waals surface area (Å²) in [6.45, 7) is 2.85. The minimum Gasteiger partial charge on any atom is -0.338 e. The predicted molar refractivity (Wildman–Crippen MR) is 75.9 cm³/mol. The Morgan fingerprint density at radius 3 is 2.32 bits per heavy atom. The van der Waals surface area contributed by atoms with E-state index in [2.05, 4.69) is 49.4 Å². The zero-order valence-corrected chi connectivity index (χ0v) is 11.0. The number of hydrogen-bond donors (Lipinski definition) is 0. The third kappa shape index (κ3) is 2.03. The molecule has 0 radical (unpaired) electrons. The molecule has 96 valence electrons. The molecule has 1 heterocycles. The Kier molecular flexibility index (Phi) is 3.08. The van der Waals surface area contributed by atoms with Crippen molar-refractivity contribution in [1.29, 1.82) is 0 Å². The molecule has 0 N–H and O–H groups in total. The number of carbonyl (C=O) groups is 1. The van der Waals surface area contributed by atoms with E-state index in [-0.39, 0.29) is 12.0 Å². The highest BCUT2D eigenvalue weighted by Crippen LogP contribution is 2.38. The Morgan fingerprint density at radius 1 is 1.00 bits per heavy atom. The number of nitrogens with zero attached hydrogens (tertiary/aromatic N) is 1. The molecule has 0 aromatic heterocycles. The van der Waals surface area contributed by atoms with Gasteiger partial charge >= 0.3 is 0 Å². The molecule has 0 spiro atoms. The Labute approximate surface area is 113 Å². The van der Waals surface area contributed by atoms with Crippen molar-refractivity contribution in [2.75, 3.05) is 6.54 Å². The average molecular weight is 251 g/mol. The van der Waals surface area contributed by atoms with Gasteiger partial charge in [0.15, 0.2) is 0 Å². The highest BCUT2D eigenvalue weighted by atomic mass is 16.1. The van der Waals surface area contributed by atoms with Crippen LogP contribution in [-0.2, 0) is 4.79 Å². The number of benzene rings is 2. The van der Waals surface area contributed by atoms with Crippen molar-refractivity contribution in [2.24, 2.45) is 0 Å². The number of amides is 1. The first kappa shape index (κ1) is 12.0. The van der Waals surface area contributed by atoms with Crippen LogP contribution in [0.4, 0.5) is 0 Å². The van der Waals surface area contributed by atoms with Crippen molar-refractivity contribution in [3.05, 3.63) is 71.3 Å². The van der Waals surface area contributed by atoms with E-state index in [1.807, 2.05) is 17.0 Å². The molecule has 0 aliphatic carbocycles. The molecule has 2 heteroatoms. The van der Waals surface area contributed by atoms with Crippen LogP contribution in [0.2, 0.25) is 0 Å². The van der Waals surface area contributed by atoms with E-state index in [0.717, 1.165) is 13.0 Å². The first-order valence-corrected chi connectivity index (χ1v) is 6.66. The van der Waals surface area contributed by atoms with Crippen LogP contribution in [0, 0.1) is 0 Å². The van der Waals surface area contributed by atoms with Gasteiger partial charge in [-0.05, 0) is 23.6 Å². The zero-order valence-electron chi connectivity index (χ0n) is 11.0. The van der Waals surface area contributed by atoms with Crippen LogP contribution in [0.5, 0.6) is 0 Å². The topological polar surface area (TPSA) is 20.3 Å². The summed E-state index contributed by atoms with van der Waals surface area (Å²) in [5.74, 6) is 0.277. The van der Waals surface area contributed by atoms with E-state index >= 15 is 0 Å². The number of carbonyl (C=O) groups excluding carboxylic acids is 1. The zero-order chi connectivity index (χ0) is 13.2. The van der Waals surface area contributed by atoms with Crippen molar-refractivity contribution >= 4 is 6.41 Å². The first-order valence-electron chi connectivity index (χ1n) is 6.66. The van der Waals surface area contributed by atoms with E-state index in [4.69, 9.17) is 0 Å². The standard InChI is InChI=1S/C17H17NO/c1-13-15-9-5-6-10-16(15)17(11-18(13)12-19)14-7-3-2-4-8-14/h2-10,12-13,17H,11H2,1H3/t13-,17+/m1/s1. The third-order valence-corrected chi connectivity index (χ3v) is 4.05. The summed E-state index contributed by atoms with van der Waals surface area (Å²) in [6.07, 6.45) is 0.969. The van der Waals surface area contributed by atoms with Crippen LogP contribution in [0.25, 0.3) is 0 Å². The molecule has 2 aromatic carbocycles. The maximum atomic E-state index is 11.3.